The summed E-state index contributed by atoms with van der Waals surface area (Å²) in [6, 6.07) is 11.3. The van der Waals surface area contributed by atoms with E-state index in [1.165, 1.54) is 19.1 Å². The minimum Gasteiger partial charge on any atom is -0.497 e. The van der Waals surface area contributed by atoms with Gasteiger partial charge < -0.3 is 14.0 Å². The van der Waals surface area contributed by atoms with E-state index in [9.17, 15) is 18.0 Å². The van der Waals surface area contributed by atoms with E-state index in [1.54, 1.807) is 19.2 Å². The van der Waals surface area contributed by atoms with E-state index >= 15 is 0 Å². The molecule has 2 atom stereocenters. The minimum absolute atomic E-state index is 0.0110. The van der Waals surface area contributed by atoms with Crippen molar-refractivity contribution in [2.75, 3.05) is 14.2 Å². The van der Waals surface area contributed by atoms with E-state index < -0.39 is 21.5 Å². The Morgan fingerprint density at radius 1 is 1.08 bits per heavy atom. The van der Waals surface area contributed by atoms with Crippen LogP contribution in [0.3, 0.4) is 0 Å². The van der Waals surface area contributed by atoms with E-state index in [0.29, 0.717) is 18.9 Å². The molecule has 3 aromatic rings. The van der Waals surface area contributed by atoms with Crippen LogP contribution in [0.25, 0.3) is 22.2 Å². The summed E-state index contributed by atoms with van der Waals surface area (Å²) in [7, 11) is -1.16. The van der Waals surface area contributed by atoms with Gasteiger partial charge in [-0.1, -0.05) is 25.3 Å². The fourth-order valence-electron chi connectivity index (χ4n) is 6.80. The van der Waals surface area contributed by atoms with Gasteiger partial charge in [-0.15, -0.1) is 0 Å². The number of aromatic nitrogens is 1. The number of fused-ring (bicyclic) bond motifs is 7. The Morgan fingerprint density at radius 3 is 2.53 bits per heavy atom. The molecule has 200 valence electrons. The number of nitrogens with two attached hydrogens (primary N) is 1. The van der Waals surface area contributed by atoms with Crippen molar-refractivity contribution in [1.29, 1.82) is 0 Å². The third-order valence-electron chi connectivity index (χ3n) is 8.61. The van der Waals surface area contributed by atoms with Crippen LogP contribution in [0.15, 0.2) is 36.4 Å². The van der Waals surface area contributed by atoms with E-state index in [1.807, 2.05) is 22.9 Å². The minimum atomic E-state index is -4.21. The zero-order valence-corrected chi connectivity index (χ0v) is 22.3. The lowest BCUT2D eigenvalue weighted by Crippen LogP contribution is -2.35. The maximum atomic E-state index is 13.2. The van der Waals surface area contributed by atoms with Gasteiger partial charge in [0.1, 0.15) is 5.75 Å². The molecule has 10 heteroatoms. The lowest BCUT2D eigenvalue weighted by Gasteiger charge is -2.24. The second-order valence-electron chi connectivity index (χ2n) is 10.7. The number of ether oxygens (including phenoxy) is 2. The lowest BCUT2D eigenvalue weighted by molar-refractivity contribution is -0.147. The fraction of sp³-hybridized carbons (Fsp3) is 0.429. The molecule has 1 aliphatic heterocycles. The van der Waals surface area contributed by atoms with Crippen molar-refractivity contribution in [1.82, 2.24) is 9.29 Å². The van der Waals surface area contributed by atoms with E-state index in [4.69, 9.17) is 14.6 Å². The van der Waals surface area contributed by atoms with E-state index in [0.717, 1.165) is 59.2 Å². The number of esters is 1. The Hall–Kier alpha value is -3.37. The largest absolute Gasteiger partial charge is 0.497 e. The Kier molecular flexibility index (Phi) is 5.80. The first-order chi connectivity index (χ1) is 18.2. The highest BCUT2D eigenvalue weighted by Gasteiger charge is 2.63. The maximum absolute atomic E-state index is 13.2. The number of carbonyl (C=O) groups excluding carboxylic acids is 2. The zero-order valence-electron chi connectivity index (χ0n) is 21.5. The zero-order chi connectivity index (χ0) is 26.8. The molecule has 6 rings (SSSR count). The highest BCUT2D eigenvalue weighted by atomic mass is 32.2. The summed E-state index contributed by atoms with van der Waals surface area (Å²) in [5.41, 5.74) is 4.67. The van der Waals surface area contributed by atoms with Gasteiger partial charge in [0.05, 0.1) is 25.3 Å². The van der Waals surface area contributed by atoms with Crippen molar-refractivity contribution in [3.05, 3.63) is 53.1 Å². The molecule has 2 aromatic carbocycles. The van der Waals surface area contributed by atoms with Crippen molar-refractivity contribution < 1.29 is 27.5 Å². The summed E-state index contributed by atoms with van der Waals surface area (Å²) in [5.74, 6) is 0.0106. The van der Waals surface area contributed by atoms with Crippen LogP contribution >= 0.6 is 0 Å². The second kappa shape index (κ2) is 8.84. The summed E-state index contributed by atoms with van der Waals surface area (Å²) in [4.78, 5) is 26.0. The predicted molar refractivity (Wildman–Crippen MR) is 142 cm³/mol. The van der Waals surface area contributed by atoms with Crippen LogP contribution in [0.4, 0.5) is 0 Å². The number of nitrogens with zero attached hydrogens (tertiary/aromatic N) is 1. The molecule has 2 fully saturated rings. The van der Waals surface area contributed by atoms with Gasteiger partial charge in [0.2, 0.25) is 0 Å². The quantitative estimate of drug-likeness (QED) is 0.474. The van der Waals surface area contributed by atoms with Gasteiger partial charge in [0, 0.05) is 34.5 Å². The molecule has 0 radical (unpaired) electrons. The normalized spacial score (nSPS) is 22.6. The summed E-state index contributed by atoms with van der Waals surface area (Å²) < 4.78 is 37.9. The third kappa shape index (κ3) is 3.89. The molecule has 0 saturated heterocycles. The van der Waals surface area contributed by atoms with Gasteiger partial charge in [-0.3, -0.25) is 9.59 Å². The molecular formula is C28H31N3O6S. The van der Waals surface area contributed by atoms with E-state index in [-0.39, 0.29) is 17.5 Å². The summed E-state index contributed by atoms with van der Waals surface area (Å²) in [5, 5.41) is 6.07. The number of nitrogens with one attached hydrogen (secondary N) is 1. The maximum Gasteiger partial charge on any atom is 0.314 e. The van der Waals surface area contributed by atoms with Crippen LogP contribution < -0.4 is 14.6 Å². The molecule has 38 heavy (non-hydrogen) atoms. The first-order valence-corrected chi connectivity index (χ1v) is 14.5. The molecule has 2 unspecified atom stereocenters. The average molecular weight is 538 g/mol. The summed E-state index contributed by atoms with van der Waals surface area (Å²) in [6.45, 7) is 0.403. The molecule has 2 aliphatic carbocycles. The Morgan fingerprint density at radius 2 is 1.84 bits per heavy atom. The van der Waals surface area contributed by atoms with Crippen LogP contribution in [0.5, 0.6) is 5.75 Å². The van der Waals surface area contributed by atoms with Gasteiger partial charge in [-0.2, -0.15) is 8.42 Å². The molecule has 2 heterocycles. The van der Waals surface area contributed by atoms with Gasteiger partial charge >= 0.3 is 5.97 Å². The summed E-state index contributed by atoms with van der Waals surface area (Å²) in [6.07, 6.45) is 6.30. The molecule has 1 amide bonds. The van der Waals surface area contributed by atoms with Crippen LogP contribution in [0.2, 0.25) is 0 Å². The number of hydrogen-bond donors (Lipinski definition) is 2. The SMILES string of the molecule is COC(=O)C12CC1c1cc(OC)ccc1-c1c(C3CCCCC3)c3ccc(C(=O)NS(N)(=O)=O)cc3n1C2. The number of amides is 1. The van der Waals surface area contributed by atoms with Gasteiger partial charge in [0.15, 0.2) is 0 Å². The van der Waals surface area contributed by atoms with E-state index in [2.05, 4.69) is 10.6 Å². The van der Waals surface area contributed by atoms with Crippen LogP contribution in [0.1, 0.15) is 71.8 Å². The average Bonchev–Trinajstić information content (AvgIpc) is 3.57. The number of carbonyl (C=O) groups is 2. The van der Waals surface area contributed by atoms with Gasteiger partial charge in [-0.05, 0) is 66.6 Å². The van der Waals surface area contributed by atoms with Crippen molar-refractivity contribution in [3.8, 4) is 17.0 Å². The molecule has 3 aliphatic rings. The number of rotatable bonds is 5. The predicted octanol–water partition coefficient (Wildman–Crippen LogP) is 3.96. The fourth-order valence-corrected chi connectivity index (χ4v) is 7.18. The molecule has 2 saturated carbocycles. The first kappa shape index (κ1) is 24.9. The number of hydrogen-bond acceptors (Lipinski definition) is 6. The van der Waals surface area contributed by atoms with Crippen LogP contribution in [0, 0.1) is 5.41 Å². The van der Waals surface area contributed by atoms with Crippen molar-refractivity contribution in [2.45, 2.75) is 56.9 Å². The van der Waals surface area contributed by atoms with Crippen LogP contribution in [-0.4, -0.2) is 39.1 Å². The second-order valence-corrected chi connectivity index (χ2v) is 12.0. The Bertz CT molecular complexity index is 1590. The third-order valence-corrected chi connectivity index (χ3v) is 9.08. The molecule has 1 aromatic heterocycles. The van der Waals surface area contributed by atoms with Crippen LogP contribution in [-0.2, 0) is 26.3 Å². The molecule has 9 nitrogen and oxygen atoms in total. The highest BCUT2D eigenvalue weighted by molar-refractivity contribution is 7.87. The van der Waals surface area contributed by atoms with Crippen molar-refractivity contribution in [3.63, 3.8) is 0 Å². The lowest BCUT2D eigenvalue weighted by atomic mass is 9.81. The van der Waals surface area contributed by atoms with Crippen molar-refractivity contribution >= 4 is 33.0 Å². The van der Waals surface area contributed by atoms with Gasteiger partial charge in [0.25, 0.3) is 16.1 Å². The highest BCUT2D eigenvalue weighted by Crippen LogP contribution is 2.65. The Balaban J connectivity index is 1.64. The Labute approximate surface area is 221 Å². The number of benzene rings is 2. The van der Waals surface area contributed by atoms with Crippen molar-refractivity contribution in [2.24, 2.45) is 10.6 Å². The number of methoxy groups -OCH3 is 2. The topological polar surface area (TPSA) is 130 Å². The first-order valence-electron chi connectivity index (χ1n) is 12.9. The smallest absolute Gasteiger partial charge is 0.314 e. The monoisotopic (exact) mass is 537 g/mol. The molecule has 0 bridgehead atoms. The molecule has 0 spiro atoms. The van der Waals surface area contributed by atoms with Gasteiger partial charge in [-0.25, -0.2) is 9.86 Å². The summed E-state index contributed by atoms with van der Waals surface area (Å²) >= 11 is 0. The molecule has 3 N–H and O–H groups in total. The molecular weight excluding hydrogens is 506 g/mol. The standard InChI is InChI=1S/C28H31N3O6S/c1-36-18-9-11-19-21(13-18)22-14-28(22,27(33)37-2)15-31-23-12-17(26(32)30-38(29,34)35)8-10-20(23)24(25(19)31)16-6-4-3-5-7-16/h8-13,16,22H,3-7,14-15H2,1-2H3,(H,30,32)(H2,29,34,35).